The fourth-order valence-corrected chi connectivity index (χ4v) is 2.42. The maximum Gasteiger partial charge on any atom is 0.0419 e. The van der Waals surface area contributed by atoms with Crippen LogP contribution in [0.4, 0.5) is 0 Å². The lowest BCUT2D eigenvalue weighted by molar-refractivity contribution is 0.460. The molecule has 108 valence electrons. The Labute approximate surface area is 119 Å². The predicted octanol–water partition coefficient (Wildman–Crippen LogP) is 4.14. The van der Waals surface area contributed by atoms with Gasteiger partial charge in [0.05, 0.1) is 0 Å². The van der Waals surface area contributed by atoms with Gasteiger partial charge in [-0.2, -0.15) is 0 Å². The highest BCUT2D eigenvalue weighted by molar-refractivity contribution is 5.14. The lowest BCUT2D eigenvalue weighted by atomic mass is 10.0. The number of aromatic nitrogens is 1. The number of nitrogens with one attached hydrogen (secondary N) is 1. The summed E-state index contributed by atoms with van der Waals surface area (Å²) in [5.74, 6) is 0. The second-order valence-corrected chi connectivity index (χ2v) is 5.32. The van der Waals surface area contributed by atoms with Crippen molar-refractivity contribution in [3.05, 3.63) is 29.6 Å². The number of nitrogens with zero attached hydrogens (tertiary/aromatic N) is 1. The van der Waals surface area contributed by atoms with Crippen LogP contribution < -0.4 is 5.32 Å². The molecule has 0 aliphatic rings. The molecule has 1 atom stereocenters. The van der Waals surface area contributed by atoms with Gasteiger partial charge < -0.3 is 5.32 Å². The van der Waals surface area contributed by atoms with Crippen molar-refractivity contribution < 1.29 is 0 Å². The summed E-state index contributed by atoms with van der Waals surface area (Å²) < 4.78 is 0. The second-order valence-electron chi connectivity index (χ2n) is 5.32. The van der Waals surface area contributed by atoms with Crippen molar-refractivity contribution >= 4 is 0 Å². The third-order valence-electron chi connectivity index (χ3n) is 3.65. The average Bonchev–Trinajstić information content (AvgIpc) is 2.44. The Morgan fingerprint density at radius 1 is 1.11 bits per heavy atom. The van der Waals surface area contributed by atoms with E-state index in [-0.39, 0.29) is 0 Å². The number of hydrogen-bond donors (Lipinski definition) is 1. The minimum Gasteiger partial charge on any atom is -0.314 e. The van der Waals surface area contributed by atoms with Gasteiger partial charge in [-0.1, -0.05) is 52.5 Å². The number of hydrogen-bond acceptors (Lipinski definition) is 2. The van der Waals surface area contributed by atoms with E-state index in [1.165, 1.54) is 43.4 Å². The Balaban J connectivity index is 2.42. The summed E-state index contributed by atoms with van der Waals surface area (Å²) in [4.78, 5) is 4.58. The van der Waals surface area contributed by atoms with Crippen molar-refractivity contribution in [1.29, 1.82) is 0 Å². The predicted molar refractivity (Wildman–Crippen MR) is 83.5 cm³/mol. The molecule has 0 aromatic carbocycles. The highest BCUT2D eigenvalue weighted by Crippen LogP contribution is 2.10. The molecule has 1 unspecified atom stereocenters. The van der Waals surface area contributed by atoms with Gasteiger partial charge in [-0.15, -0.1) is 0 Å². The number of unbranched alkanes of at least 4 members (excludes halogenated alkanes) is 3. The summed E-state index contributed by atoms with van der Waals surface area (Å²) in [6.07, 6.45) is 10.8. The molecule has 0 saturated heterocycles. The molecule has 0 spiro atoms. The molecule has 0 aliphatic heterocycles. The third-order valence-corrected chi connectivity index (χ3v) is 3.65. The number of aryl methyl sites for hydroxylation is 1. The van der Waals surface area contributed by atoms with E-state index in [1.807, 2.05) is 6.20 Å². The molecule has 19 heavy (non-hydrogen) atoms. The molecule has 0 amide bonds. The standard InChI is InChI=1S/C17H30N2/c1-4-7-8-9-10-16(18-6-3)13-17-12-11-15(5-2)14-19-17/h11-12,14,16,18H,4-10,13H2,1-3H3. The molecule has 2 nitrogen and oxygen atoms in total. The molecule has 1 aromatic heterocycles. The normalized spacial score (nSPS) is 12.6. The van der Waals surface area contributed by atoms with Crippen LogP contribution in [-0.2, 0) is 12.8 Å². The first-order chi connectivity index (χ1) is 9.30. The average molecular weight is 262 g/mol. The minimum atomic E-state index is 0.585. The van der Waals surface area contributed by atoms with E-state index in [1.54, 1.807) is 0 Å². The topological polar surface area (TPSA) is 24.9 Å². The van der Waals surface area contributed by atoms with Gasteiger partial charge in [0.15, 0.2) is 0 Å². The van der Waals surface area contributed by atoms with Crippen LogP contribution in [-0.4, -0.2) is 17.6 Å². The van der Waals surface area contributed by atoms with E-state index in [2.05, 4.69) is 43.2 Å². The van der Waals surface area contributed by atoms with Crippen molar-refractivity contribution in [1.82, 2.24) is 10.3 Å². The van der Waals surface area contributed by atoms with Crippen LogP contribution in [0.2, 0.25) is 0 Å². The first-order valence-corrected chi connectivity index (χ1v) is 7.97. The monoisotopic (exact) mass is 262 g/mol. The molecule has 1 rings (SSSR count). The summed E-state index contributed by atoms with van der Waals surface area (Å²) in [5.41, 5.74) is 2.55. The van der Waals surface area contributed by atoms with Crippen LogP contribution >= 0.6 is 0 Å². The lowest BCUT2D eigenvalue weighted by Gasteiger charge is -2.17. The fourth-order valence-electron chi connectivity index (χ4n) is 2.42. The van der Waals surface area contributed by atoms with E-state index in [0.717, 1.165) is 19.4 Å². The van der Waals surface area contributed by atoms with E-state index in [0.29, 0.717) is 6.04 Å². The Kier molecular flexibility index (Phi) is 8.48. The van der Waals surface area contributed by atoms with E-state index < -0.39 is 0 Å². The smallest absolute Gasteiger partial charge is 0.0419 e. The van der Waals surface area contributed by atoms with Crippen LogP contribution in [0.3, 0.4) is 0 Å². The molecule has 1 heterocycles. The Morgan fingerprint density at radius 2 is 1.95 bits per heavy atom. The van der Waals surface area contributed by atoms with Crippen LogP contribution in [0.1, 0.15) is 64.1 Å². The number of pyridine rings is 1. The Hall–Kier alpha value is -0.890. The Bertz CT molecular complexity index is 319. The largest absolute Gasteiger partial charge is 0.314 e. The van der Waals surface area contributed by atoms with Gasteiger partial charge in [0.2, 0.25) is 0 Å². The molecule has 0 fully saturated rings. The molecule has 1 aromatic rings. The van der Waals surface area contributed by atoms with Gasteiger partial charge in [-0.3, -0.25) is 4.98 Å². The lowest BCUT2D eigenvalue weighted by Crippen LogP contribution is -2.31. The van der Waals surface area contributed by atoms with Gasteiger partial charge in [-0.05, 0) is 31.0 Å². The maximum atomic E-state index is 4.58. The summed E-state index contributed by atoms with van der Waals surface area (Å²) in [7, 11) is 0. The maximum absolute atomic E-state index is 4.58. The molecule has 1 N–H and O–H groups in total. The summed E-state index contributed by atoms with van der Waals surface area (Å²) in [6, 6.07) is 4.99. The molecular weight excluding hydrogens is 232 g/mol. The zero-order valence-corrected chi connectivity index (χ0v) is 12.9. The molecule has 0 radical (unpaired) electrons. The molecule has 0 saturated carbocycles. The first kappa shape index (κ1) is 16.2. The van der Waals surface area contributed by atoms with Crippen LogP contribution in [0, 0.1) is 0 Å². The van der Waals surface area contributed by atoms with Gasteiger partial charge in [0, 0.05) is 24.4 Å². The van der Waals surface area contributed by atoms with Gasteiger partial charge >= 0.3 is 0 Å². The highest BCUT2D eigenvalue weighted by Gasteiger charge is 2.09. The number of rotatable bonds is 10. The van der Waals surface area contributed by atoms with Crippen molar-refractivity contribution in [3.8, 4) is 0 Å². The molecule has 2 heteroatoms. The zero-order chi connectivity index (χ0) is 13.9. The third kappa shape index (κ3) is 6.72. The van der Waals surface area contributed by atoms with E-state index in [9.17, 15) is 0 Å². The zero-order valence-electron chi connectivity index (χ0n) is 12.9. The van der Waals surface area contributed by atoms with Gasteiger partial charge in [-0.25, -0.2) is 0 Å². The fraction of sp³-hybridized carbons (Fsp3) is 0.706. The van der Waals surface area contributed by atoms with Crippen LogP contribution in [0.5, 0.6) is 0 Å². The molecular formula is C17H30N2. The summed E-state index contributed by atoms with van der Waals surface area (Å²) in [5, 5.41) is 3.60. The first-order valence-electron chi connectivity index (χ1n) is 7.97. The minimum absolute atomic E-state index is 0.585. The molecule has 0 bridgehead atoms. The van der Waals surface area contributed by atoms with Crippen molar-refractivity contribution in [3.63, 3.8) is 0 Å². The SMILES string of the molecule is CCCCCCC(Cc1ccc(CC)cn1)NCC. The van der Waals surface area contributed by atoms with Gasteiger partial charge in [0.1, 0.15) is 0 Å². The second kappa shape index (κ2) is 9.96. The molecule has 0 aliphatic carbocycles. The van der Waals surface area contributed by atoms with Gasteiger partial charge in [0.25, 0.3) is 0 Å². The van der Waals surface area contributed by atoms with Crippen LogP contribution in [0.15, 0.2) is 18.3 Å². The summed E-state index contributed by atoms with van der Waals surface area (Å²) in [6.45, 7) is 7.67. The van der Waals surface area contributed by atoms with Crippen molar-refractivity contribution in [2.24, 2.45) is 0 Å². The quantitative estimate of drug-likeness (QED) is 0.641. The van der Waals surface area contributed by atoms with E-state index in [4.69, 9.17) is 0 Å². The van der Waals surface area contributed by atoms with E-state index >= 15 is 0 Å². The van der Waals surface area contributed by atoms with Crippen LogP contribution in [0.25, 0.3) is 0 Å². The van der Waals surface area contributed by atoms with Crippen molar-refractivity contribution in [2.45, 2.75) is 71.8 Å². The Morgan fingerprint density at radius 3 is 2.53 bits per heavy atom. The summed E-state index contributed by atoms with van der Waals surface area (Å²) >= 11 is 0. The van der Waals surface area contributed by atoms with Crippen molar-refractivity contribution in [2.75, 3.05) is 6.54 Å². The number of likely N-dealkylation sites (N-methyl/N-ethyl adjacent to an activating group) is 1. The highest BCUT2D eigenvalue weighted by atomic mass is 14.9.